The van der Waals surface area contributed by atoms with Crippen LogP contribution in [0, 0.1) is 6.92 Å². The lowest BCUT2D eigenvalue weighted by molar-refractivity contribution is -0.113. The van der Waals surface area contributed by atoms with Crippen molar-refractivity contribution in [2.24, 2.45) is 0 Å². The molecule has 1 N–H and O–H groups in total. The molecular weight excluding hydrogens is 298 g/mol. The van der Waals surface area contributed by atoms with E-state index in [0.29, 0.717) is 16.2 Å². The van der Waals surface area contributed by atoms with Gasteiger partial charge in [-0.3, -0.25) is 9.59 Å². The highest BCUT2D eigenvalue weighted by Crippen LogP contribution is 2.35. The van der Waals surface area contributed by atoms with E-state index in [1.165, 1.54) is 4.90 Å². The van der Waals surface area contributed by atoms with Crippen LogP contribution in [-0.2, 0) is 4.79 Å². The van der Waals surface area contributed by atoms with Crippen molar-refractivity contribution in [1.82, 2.24) is 0 Å². The topological polar surface area (TPSA) is 57.6 Å². The van der Waals surface area contributed by atoms with Crippen LogP contribution < -0.4 is 4.90 Å². The van der Waals surface area contributed by atoms with Gasteiger partial charge < -0.3 is 5.11 Å². The van der Waals surface area contributed by atoms with Gasteiger partial charge in [-0.1, -0.05) is 29.8 Å². The molecule has 1 fully saturated rings. The number of phenols is 1. The number of aryl methyl sites for hydroxylation is 1. The molecule has 1 saturated heterocycles. The van der Waals surface area contributed by atoms with Gasteiger partial charge >= 0.3 is 0 Å². The van der Waals surface area contributed by atoms with Gasteiger partial charge in [0.05, 0.1) is 10.6 Å². The van der Waals surface area contributed by atoms with Gasteiger partial charge in [0, 0.05) is 0 Å². The maximum absolute atomic E-state index is 12.4. The van der Waals surface area contributed by atoms with E-state index in [-0.39, 0.29) is 16.9 Å². The number of nitrogens with zero attached hydrogens (tertiary/aromatic N) is 1. The number of aromatic hydroxyl groups is 1. The number of hydrogen-bond acceptors (Lipinski definition) is 4. The summed E-state index contributed by atoms with van der Waals surface area (Å²) in [6.45, 7) is 1.94. The summed E-state index contributed by atoms with van der Waals surface area (Å²) in [6.07, 6.45) is 1.61. The normalized spacial score (nSPS) is 16.6. The summed E-state index contributed by atoms with van der Waals surface area (Å²) in [7, 11) is 0. The van der Waals surface area contributed by atoms with Crippen LogP contribution in [0.1, 0.15) is 11.1 Å². The molecule has 0 bridgehead atoms. The molecule has 1 heterocycles. The van der Waals surface area contributed by atoms with Crippen LogP contribution in [0.5, 0.6) is 5.75 Å². The summed E-state index contributed by atoms with van der Waals surface area (Å²) in [5.41, 5.74) is 2.30. The maximum Gasteiger partial charge on any atom is 0.298 e. The molecule has 0 spiro atoms. The van der Waals surface area contributed by atoms with E-state index in [9.17, 15) is 14.7 Å². The number of carbonyl (C=O) groups is 2. The van der Waals surface area contributed by atoms with Gasteiger partial charge in [-0.2, -0.15) is 0 Å². The monoisotopic (exact) mass is 311 g/mol. The first-order valence-electron chi connectivity index (χ1n) is 6.68. The number of phenolic OH excluding ortho intramolecular Hbond substituents is 1. The number of rotatable bonds is 2. The second kappa shape index (κ2) is 5.69. The molecule has 0 atom stereocenters. The third-order valence-electron chi connectivity index (χ3n) is 3.25. The van der Waals surface area contributed by atoms with Gasteiger partial charge in [0.2, 0.25) is 0 Å². The van der Waals surface area contributed by atoms with Gasteiger partial charge in [0.25, 0.3) is 11.1 Å². The first-order chi connectivity index (χ1) is 10.5. The minimum Gasteiger partial charge on any atom is -0.508 e. The molecule has 0 aromatic heterocycles. The van der Waals surface area contributed by atoms with Gasteiger partial charge in [-0.15, -0.1) is 0 Å². The number of anilines is 1. The Labute approximate surface area is 132 Å². The average molecular weight is 311 g/mol. The van der Waals surface area contributed by atoms with Crippen LogP contribution in [0.2, 0.25) is 0 Å². The predicted octanol–water partition coefficient (Wildman–Crippen LogP) is 3.94. The standard InChI is InChI=1S/C17H13NO3S/c1-11-5-7-13(8-6-11)18-16(20)15(22-17(18)21)10-12-3-2-4-14(19)9-12/h2-10,19H,1H3/b15-10-. The Morgan fingerprint density at radius 1 is 1.09 bits per heavy atom. The number of hydrogen-bond donors (Lipinski definition) is 1. The molecule has 22 heavy (non-hydrogen) atoms. The summed E-state index contributed by atoms with van der Waals surface area (Å²) >= 11 is 0.898. The zero-order valence-electron chi connectivity index (χ0n) is 11.8. The largest absolute Gasteiger partial charge is 0.508 e. The summed E-state index contributed by atoms with van der Waals surface area (Å²) in [5.74, 6) is -0.228. The molecule has 2 aromatic carbocycles. The number of imide groups is 1. The first kappa shape index (κ1) is 14.4. The molecule has 0 saturated carbocycles. The van der Waals surface area contributed by atoms with Crippen molar-refractivity contribution in [3.8, 4) is 5.75 Å². The van der Waals surface area contributed by atoms with Crippen LogP contribution in [0.3, 0.4) is 0 Å². The van der Waals surface area contributed by atoms with E-state index in [4.69, 9.17) is 0 Å². The van der Waals surface area contributed by atoms with E-state index in [1.807, 2.05) is 19.1 Å². The number of carbonyl (C=O) groups excluding carboxylic acids is 2. The number of thioether (sulfide) groups is 1. The van der Waals surface area contributed by atoms with Gasteiger partial charge in [0.1, 0.15) is 5.75 Å². The molecule has 4 nitrogen and oxygen atoms in total. The first-order valence-corrected chi connectivity index (χ1v) is 7.50. The Morgan fingerprint density at radius 2 is 1.82 bits per heavy atom. The summed E-state index contributed by atoms with van der Waals surface area (Å²) < 4.78 is 0. The highest BCUT2D eigenvalue weighted by molar-refractivity contribution is 8.19. The molecule has 110 valence electrons. The second-order valence-electron chi connectivity index (χ2n) is 4.95. The third-order valence-corrected chi connectivity index (χ3v) is 4.12. The highest BCUT2D eigenvalue weighted by atomic mass is 32.2. The van der Waals surface area contributed by atoms with Crippen molar-refractivity contribution < 1.29 is 14.7 Å². The molecule has 0 unspecified atom stereocenters. The Morgan fingerprint density at radius 3 is 2.50 bits per heavy atom. The summed E-state index contributed by atoms with van der Waals surface area (Å²) in [5, 5.41) is 9.14. The third kappa shape index (κ3) is 2.76. The Kier molecular flexibility index (Phi) is 3.73. The molecule has 1 aliphatic heterocycles. The number of amides is 2. The Balaban J connectivity index is 1.93. The smallest absolute Gasteiger partial charge is 0.298 e. The zero-order valence-corrected chi connectivity index (χ0v) is 12.6. The Bertz CT molecular complexity index is 781. The molecule has 5 heteroatoms. The minimum atomic E-state index is -0.345. The van der Waals surface area contributed by atoms with E-state index in [2.05, 4.69) is 0 Å². The summed E-state index contributed by atoms with van der Waals surface area (Å²) in [4.78, 5) is 26.1. The fourth-order valence-corrected chi connectivity index (χ4v) is 2.99. The van der Waals surface area contributed by atoms with E-state index in [1.54, 1.807) is 42.5 Å². The maximum atomic E-state index is 12.4. The van der Waals surface area contributed by atoms with Crippen molar-refractivity contribution in [2.45, 2.75) is 6.92 Å². The molecule has 0 radical (unpaired) electrons. The van der Waals surface area contributed by atoms with Gasteiger partial charge in [0.15, 0.2) is 0 Å². The lowest BCUT2D eigenvalue weighted by atomic mass is 10.2. The van der Waals surface area contributed by atoms with Crippen LogP contribution >= 0.6 is 11.8 Å². The molecule has 1 aliphatic rings. The van der Waals surface area contributed by atoms with E-state index in [0.717, 1.165) is 17.3 Å². The quantitative estimate of drug-likeness (QED) is 0.853. The second-order valence-corrected chi connectivity index (χ2v) is 5.94. The number of benzene rings is 2. The van der Waals surface area contributed by atoms with Gasteiger partial charge in [-0.05, 0) is 54.6 Å². The van der Waals surface area contributed by atoms with Crippen LogP contribution in [0.4, 0.5) is 10.5 Å². The van der Waals surface area contributed by atoms with Gasteiger partial charge in [-0.25, -0.2) is 4.90 Å². The van der Waals surface area contributed by atoms with Crippen LogP contribution in [-0.4, -0.2) is 16.3 Å². The Hall–Kier alpha value is -2.53. The highest BCUT2D eigenvalue weighted by Gasteiger charge is 2.36. The fraction of sp³-hybridized carbons (Fsp3) is 0.0588. The van der Waals surface area contributed by atoms with Crippen molar-refractivity contribution in [1.29, 1.82) is 0 Å². The minimum absolute atomic E-state index is 0.117. The molecule has 2 aromatic rings. The lowest BCUT2D eigenvalue weighted by Gasteiger charge is -2.12. The molecule has 2 amide bonds. The van der Waals surface area contributed by atoms with Crippen molar-refractivity contribution in [2.75, 3.05) is 4.90 Å². The van der Waals surface area contributed by atoms with Crippen molar-refractivity contribution >= 4 is 34.7 Å². The molecule has 0 aliphatic carbocycles. The van der Waals surface area contributed by atoms with Crippen molar-refractivity contribution in [3.63, 3.8) is 0 Å². The molecule has 3 rings (SSSR count). The van der Waals surface area contributed by atoms with E-state index < -0.39 is 0 Å². The van der Waals surface area contributed by atoms with Crippen LogP contribution in [0.25, 0.3) is 6.08 Å². The predicted molar refractivity (Wildman–Crippen MR) is 87.7 cm³/mol. The average Bonchev–Trinajstić information content (AvgIpc) is 2.75. The van der Waals surface area contributed by atoms with Crippen molar-refractivity contribution in [3.05, 3.63) is 64.6 Å². The van der Waals surface area contributed by atoms with Crippen LogP contribution in [0.15, 0.2) is 53.4 Å². The zero-order chi connectivity index (χ0) is 15.7. The van der Waals surface area contributed by atoms with E-state index >= 15 is 0 Å². The summed E-state index contributed by atoms with van der Waals surface area (Å²) in [6, 6.07) is 13.8. The SMILES string of the molecule is Cc1ccc(N2C(=O)S/C(=C\c3cccc(O)c3)C2=O)cc1. The fourth-order valence-electron chi connectivity index (χ4n) is 2.15. The molecular formula is C17H13NO3S. The lowest BCUT2D eigenvalue weighted by Crippen LogP contribution is -2.27.